The highest BCUT2D eigenvalue weighted by atomic mass is 79.9. The highest BCUT2D eigenvalue weighted by Crippen LogP contribution is 2.26. The Balaban J connectivity index is 3.20. The molecule has 0 aromatic heterocycles. The maximum Gasteiger partial charge on any atom is 0.124 e. The van der Waals surface area contributed by atoms with Gasteiger partial charge in [0.15, 0.2) is 0 Å². The van der Waals surface area contributed by atoms with E-state index in [0.29, 0.717) is 15.1 Å². The van der Waals surface area contributed by atoms with Crippen molar-refractivity contribution in [2.45, 2.75) is 0 Å². The Kier molecular flexibility index (Phi) is 2.68. The van der Waals surface area contributed by atoms with Crippen LogP contribution >= 0.6 is 27.5 Å². The molecule has 1 aromatic carbocycles. The molecule has 1 rings (SSSR count). The summed E-state index contributed by atoms with van der Waals surface area (Å²) in [5, 5.41) is 0.571. The summed E-state index contributed by atoms with van der Waals surface area (Å²) in [5.74, 6) is -0.464. The van der Waals surface area contributed by atoms with Crippen LogP contribution in [0, 0.1) is 0 Å². The van der Waals surface area contributed by atoms with Crippen molar-refractivity contribution in [1.82, 2.24) is 0 Å². The van der Waals surface area contributed by atoms with Gasteiger partial charge in [-0.25, -0.2) is 4.39 Å². The Morgan fingerprint density at radius 3 is 2.64 bits per heavy atom. The van der Waals surface area contributed by atoms with Crippen LogP contribution < -0.4 is 0 Å². The van der Waals surface area contributed by atoms with Crippen molar-refractivity contribution < 1.29 is 4.39 Å². The predicted octanol–water partition coefficient (Wildman–Crippen LogP) is 4.04. The van der Waals surface area contributed by atoms with Crippen LogP contribution in [0.15, 0.2) is 29.3 Å². The van der Waals surface area contributed by atoms with E-state index >= 15 is 0 Å². The maximum atomic E-state index is 12.6. The summed E-state index contributed by atoms with van der Waals surface area (Å²) in [6, 6.07) is 4.82. The first-order chi connectivity index (χ1) is 5.11. The Morgan fingerprint density at radius 2 is 2.18 bits per heavy atom. The minimum atomic E-state index is -0.464. The summed E-state index contributed by atoms with van der Waals surface area (Å²) in [5.41, 5.74) is 0.439. The first-order valence-corrected chi connectivity index (χ1v) is 4.08. The Bertz CT molecular complexity index is 296. The molecule has 0 aliphatic rings. The van der Waals surface area contributed by atoms with Gasteiger partial charge in [0.2, 0.25) is 0 Å². The zero-order valence-electron chi connectivity index (χ0n) is 5.57. The summed E-state index contributed by atoms with van der Waals surface area (Å²) in [6.07, 6.45) is 0. The summed E-state index contributed by atoms with van der Waals surface area (Å²) in [7, 11) is 0. The summed E-state index contributed by atoms with van der Waals surface area (Å²) in [4.78, 5) is 0. The molecule has 1 aromatic rings. The van der Waals surface area contributed by atoms with Gasteiger partial charge in [0.1, 0.15) is 5.83 Å². The molecular formula is C8H5BrClF. The smallest absolute Gasteiger partial charge is 0.124 e. The Labute approximate surface area is 77.8 Å². The second kappa shape index (κ2) is 3.37. The fourth-order valence-electron chi connectivity index (χ4n) is 0.709. The maximum absolute atomic E-state index is 12.6. The van der Waals surface area contributed by atoms with E-state index in [2.05, 4.69) is 22.5 Å². The first-order valence-electron chi connectivity index (χ1n) is 2.91. The van der Waals surface area contributed by atoms with Crippen LogP contribution in [0.1, 0.15) is 5.56 Å². The van der Waals surface area contributed by atoms with Gasteiger partial charge in [-0.05, 0) is 18.2 Å². The third-order valence-corrected chi connectivity index (χ3v) is 2.11. The van der Waals surface area contributed by atoms with Gasteiger partial charge in [0.25, 0.3) is 0 Å². The predicted molar refractivity (Wildman–Crippen MR) is 49.3 cm³/mol. The van der Waals surface area contributed by atoms with Gasteiger partial charge in [-0.2, -0.15) is 0 Å². The first kappa shape index (κ1) is 8.75. The third kappa shape index (κ3) is 2.04. The van der Waals surface area contributed by atoms with Crippen LogP contribution in [0.2, 0.25) is 5.02 Å². The van der Waals surface area contributed by atoms with Crippen molar-refractivity contribution >= 4 is 33.4 Å². The van der Waals surface area contributed by atoms with Crippen molar-refractivity contribution in [3.8, 4) is 0 Å². The molecule has 0 aliphatic carbocycles. The lowest BCUT2D eigenvalue weighted by molar-refractivity contribution is 0.762. The van der Waals surface area contributed by atoms with Crippen LogP contribution in [-0.4, -0.2) is 0 Å². The van der Waals surface area contributed by atoms with E-state index < -0.39 is 5.83 Å². The standard InChI is InChI=1S/C8H5BrClF/c1-5(11)7-3-2-6(10)4-8(7)9/h2-4H,1H2. The molecule has 0 N–H and O–H groups in total. The van der Waals surface area contributed by atoms with Gasteiger partial charge in [-0.3, -0.25) is 0 Å². The summed E-state index contributed by atoms with van der Waals surface area (Å²) in [6.45, 7) is 3.18. The highest BCUT2D eigenvalue weighted by Gasteiger charge is 2.02. The molecule has 3 heteroatoms. The van der Waals surface area contributed by atoms with E-state index in [1.54, 1.807) is 18.2 Å². The topological polar surface area (TPSA) is 0 Å². The van der Waals surface area contributed by atoms with Gasteiger partial charge >= 0.3 is 0 Å². The molecule has 0 fully saturated rings. The molecular weight excluding hydrogens is 230 g/mol. The van der Waals surface area contributed by atoms with Crippen LogP contribution in [0.3, 0.4) is 0 Å². The fraction of sp³-hybridized carbons (Fsp3) is 0. The fourth-order valence-corrected chi connectivity index (χ4v) is 1.61. The third-order valence-electron chi connectivity index (χ3n) is 1.22. The zero-order valence-corrected chi connectivity index (χ0v) is 7.91. The summed E-state index contributed by atoms with van der Waals surface area (Å²) >= 11 is 8.80. The van der Waals surface area contributed by atoms with E-state index in [1.807, 2.05) is 0 Å². The molecule has 0 radical (unpaired) electrons. The van der Waals surface area contributed by atoms with Crippen molar-refractivity contribution in [2.24, 2.45) is 0 Å². The number of hydrogen-bond donors (Lipinski definition) is 0. The molecule has 11 heavy (non-hydrogen) atoms. The molecule has 0 bridgehead atoms. The van der Waals surface area contributed by atoms with Crippen LogP contribution in [0.25, 0.3) is 5.83 Å². The number of hydrogen-bond acceptors (Lipinski definition) is 0. The Hall–Kier alpha value is -0.340. The minimum absolute atomic E-state index is 0.439. The molecule has 0 nitrogen and oxygen atoms in total. The van der Waals surface area contributed by atoms with Gasteiger partial charge in [0.05, 0.1) is 0 Å². The minimum Gasteiger partial charge on any atom is -0.207 e. The Morgan fingerprint density at radius 1 is 1.55 bits per heavy atom. The number of benzene rings is 1. The van der Waals surface area contributed by atoms with Crippen molar-refractivity contribution in [3.63, 3.8) is 0 Å². The van der Waals surface area contributed by atoms with Crippen molar-refractivity contribution in [1.29, 1.82) is 0 Å². The monoisotopic (exact) mass is 234 g/mol. The molecule has 0 unspecified atom stereocenters. The molecule has 0 spiro atoms. The van der Waals surface area contributed by atoms with E-state index in [1.165, 1.54) is 0 Å². The van der Waals surface area contributed by atoms with Gasteiger partial charge < -0.3 is 0 Å². The molecule has 0 saturated heterocycles. The molecule has 0 amide bonds. The number of halogens is 3. The van der Waals surface area contributed by atoms with E-state index in [-0.39, 0.29) is 0 Å². The SMILES string of the molecule is C=C(F)c1ccc(Cl)cc1Br. The molecule has 0 heterocycles. The molecule has 58 valence electrons. The number of rotatable bonds is 1. The second-order valence-corrected chi connectivity index (χ2v) is 3.32. The van der Waals surface area contributed by atoms with Gasteiger partial charge in [-0.1, -0.05) is 34.1 Å². The van der Waals surface area contributed by atoms with E-state index in [0.717, 1.165) is 0 Å². The average Bonchev–Trinajstić information content (AvgIpc) is 1.85. The average molecular weight is 235 g/mol. The molecule has 0 saturated carbocycles. The van der Waals surface area contributed by atoms with Crippen LogP contribution in [0.4, 0.5) is 4.39 Å². The molecule has 0 aliphatic heterocycles. The van der Waals surface area contributed by atoms with Crippen molar-refractivity contribution in [3.05, 3.63) is 39.8 Å². The van der Waals surface area contributed by atoms with Gasteiger partial charge in [-0.15, -0.1) is 0 Å². The van der Waals surface area contributed by atoms with Gasteiger partial charge in [0, 0.05) is 15.1 Å². The normalized spacial score (nSPS) is 9.73. The summed E-state index contributed by atoms with van der Waals surface area (Å²) < 4.78 is 13.2. The van der Waals surface area contributed by atoms with E-state index in [9.17, 15) is 4.39 Å². The molecule has 0 atom stereocenters. The van der Waals surface area contributed by atoms with E-state index in [4.69, 9.17) is 11.6 Å². The van der Waals surface area contributed by atoms with Crippen LogP contribution in [-0.2, 0) is 0 Å². The quantitative estimate of drug-likeness (QED) is 0.689. The lowest BCUT2D eigenvalue weighted by atomic mass is 10.2. The van der Waals surface area contributed by atoms with Crippen molar-refractivity contribution in [2.75, 3.05) is 0 Å². The lowest BCUT2D eigenvalue weighted by Gasteiger charge is -1.99. The zero-order chi connectivity index (χ0) is 8.43. The lowest BCUT2D eigenvalue weighted by Crippen LogP contribution is -1.78. The second-order valence-electron chi connectivity index (χ2n) is 2.03. The van der Waals surface area contributed by atoms with Crippen LogP contribution in [0.5, 0.6) is 0 Å². The largest absolute Gasteiger partial charge is 0.207 e. The highest BCUT2D eigenvalue weighted by molar-refractivity contribution is 9.10.